The standard InChI is InChI=1S/C12H22N3P.B/c1-3-15(4-2)16(11-7-5-9-13)12-8-6-10-14;/h3-8,11-12H2,1-2H3;. The third-order valence-electron chi connectivity index (χ3n) is 2.54. The Hall–Kier alpha value is -0.565. The van der Waals surface area contributed by atoms with E-state index in [0.717, 1.165) is 38.3 Å². The van der Waals surface area contributed by atoms with Gasteiger partial charge < -0.3 is 0 Å². The summed E-state index contributed by atoms with van der Waals surface area (Å²) in [7, 11) is -0.116. The second-order valence-corrected chi connectivity index (χ2v) is 6.09. The van der Waals surface area contributed by atoms with Crippen LogP contribution in [0.5, 0.6) is 0 Å². The fraction of sp³-hybridized carbons (Fsp3) is 0.833. The summed E-state index contributed by atoms with van der Waals surface area (Å²) in [5.41, 5.74) is 0. The molecule has 0 fully saturated rings. The van der Waals surface area contributed by atoms with Crippen molar-refractivity contribution in [3.05, 3.63) is 0 Å². The highest BCUT2D eigenvalue weighted by molar-refractivity contribution is 7.55. The SMILES string of the molecule is CCN(CC)P(CCCC#N)CCCC#N.[B]. The van der Waals surface area contributed by atoms with Crippen LogP contribution in [0.15, 0.2) is 0 Å². The molecule has 0 rings (SSSR count). The van der Waals surface area contributed by atoms with Crippen LogP contribution in [0, 0.1) is 22.7 Å². The molecule has 0 atom stereocenters. The highest BCUT2D eigenvalue weighted by Gasteiger charge is 2.14. The first kappa shape index (κ1) is 18.8. The molecule has 0 amide bonds. The van der Waals surface area contributed by atoms with E-state index < -0.39 is 0 Å². The van der Waals surface area contributed by atoms with Gasteiger partial charge in [0, 0.05) is 21.3 Å². The predicted molar refractivity (Wildman–Crippen MR) is 75.0 cm³/mol. The fourth-order valence-electron chi connectivity index (χ4n) is 1.70. The molecular formula is C12H22BN3P. The summed E-state index contributed by atoms with van der Waals surface area (Å²) < 4.78 is 2.50. The lowest BCUT2D eigenvalue weighted by Gasteiger charge is -2.29. The van der Waals surface area contributed by atoms with Crippen molar-refractivity contribution in [3.63, 3.8) is 0 Å². The molecule has 0 saturated carbocycles. The van der Waals surface area contributed by atoms with Gasteiger partial charge in [-0.05, 0) is 46.3 Å². The maximum Gasteiger partial charge on any atom is 0.0621 e. The summed E-state index contributed by atoms with van der Waals surface area (Å²) in [6.45, 7) is 6.55. The Morgan fingerprint density at radius 2 is 1.35 bits per heavy atom. The fourth-order valence-corrected chi connectivity index (χ4v) is 4.34. The molecular weight excluding hydrogens is 228 g/mol. The molecule has 0 aliphatic rings. The molecule has 0 aromatic carbocycles. The van der Waals surface area contributed by atoms with Crippen LogP contribution in [0.25, 0.3) is 0 Å². The molecule has 0 saturated heterocycles. The number of hydrogen-bond donors (Lipinski definition) is 0. The van der Waals surface area contributed by atoms with Gasteiger partial charge in [0.05, 0.1) is 12.1 Å². The Labute approximate surface area is 109 Å². The average molecular weight is 250 g/mol. The Balaban J connectivity index is 0. The Morgan fingerprint density at radius 1 is 0.941 bits per heavy atom. The Kier molecular flexibility index (Phi) is 14.9. The van der Waals surface area contributed by atoms with Gasteiger partial charge in [0.2, 0.25) is 0 Å². The van der Waals surface area contributed by atoms with Crippen LogP contribution in [-0.2, 0) is 0 Å². The molecule has 0 bridgehead atoms. The zero-order valence-electron chi connectivity index (χ0n) is 11.0. The van der Waals surface area contributed by atoms with Gasteiger partial charge in [-0.25, -0.2) is 0 Å². The molecule has 0 spiro atoms. The highest BCUT2D eigenvalue weighted by Crippen LogP contribution is 2.41. The molecule has 0 N–H and O–H groups in total. The second kappa shape index (κ2) is 13.5. The average Bonchev–Trinajstić information content (AvgIpc) is 2.30. The van der Waals surface area contributed by atoms with Crippen LogP contribution in [-0.4, -0.2) is 38.5 Å². The smallest absolute Gasteiger partial charge is 0.0621 e. The van der Waals surface area contributed by atoms with Crippen LogP contribution in [0.1, 0.15) is 39.5 Å². The molecule has 0 unspecified atom stereocenters. The van der Waals surface area contributed by atoms with Gasteiger partial charge >= 0.3 is 0 Å². The molecule has 0 aliphatic carbocycles. The van der Waals surface area contributed by atoms with Crippen molar-refractivity contribution in [2.24, 2.45) is 0 Å². The van der Waals surface area contributed by atoms with E-state index in [1.165, 1.54) is 0 Å². The zero-order valence-corrected chi connectivity index (χ0v) is 11.9. The van der Waals surface area contributed by atoms with Gasteiger partial charge in [0.15, 0.2) is 0 Å². The van der Waals surface area contributed by atoms with Crippen LogP contribution < -0.4 is 0 Å². The molecule has 0 aromatic heterocycles. The minimum atomic E-state index is -0.116. The predicted octanol–water partition coefficient (Wildman–Crippen LogP) is 2.95. The van der Waals surface area contributed by atoms with E-state index in [-0.39, 0.29) is 16.5 Å². The first-order valence-electron chi connectivity index (χ1n) is 6.03. The minimum Gasteiger partial charge on any atom is -0.282 e. The van der Waals surface area contributed by atoms with Crippen molar-refractivity contribution in [2.75, 3.05) is 25.4 Å². The lowest BCUT2D eigenvalue weighted by Crippen LogP contribution is -2.20. The first-order valence-corrected chi connectivity index (χ1v) is 7.70. The topological polar surface area (TPSA) is 50.8 Å². The van der Waals surface area contributed by atoms with E-state index in [2.05, 4.69) is 30.7 Å². The number of hydrogen-bond acceptors (Lipinski definition) is 3. The molecule has 93 valence electrons. The van der Waals surface area contributed by atoms with Crippen molar-refractivity contribution in [3.8, 4) is 12.1 Å². The van der Waals surface area contributed by atoms with Gasteiger partial charge in [0.25, 0.3) is 0 Å². The number of rotatable bonds is 9. The van der Waals surface area contributed by atoms with Crippen molar-refractivity contribution in [2.45, 2.75) is 39.5 Å². The van der Waals surface area contributed by atoms with E-state index in [1.807, 2.05) is 0 Å². The number of unbranched alkanes of at least 4 members (excludes halogenated alkanes) is 2. The maximum atomic E-state index is 8.55. The summed E-state index contributed by atoms with van der Waals surface area (Å²) >= 11 is 0. The van der Waals surface area contributed by atoms with Crippen LogP contribution in [0.4, 0.5) is 0 Å². The van der Waals surface area contributed by atoms with Gasteiger partial charge in [-0.2, -0.15) is 10.5 Å². The largest absolute Gasteiger partial charge is 0.282 e. The Morgan fingerprint density at radius 3 is 1.65 bits per heavy atom. The summed E-state index contributed by atoms with van der Waals surface area (Å²) in [5, 5.41) is 17.1. The van der Waals surface area contributed by atoms with Gasteiger partial charge in [0.1, 0.15) is 0 Å². The van der Waals surface area contributed by atoms with Gasteiger partial charge in [-0.15, -0.1) is 0 Å². The Bertz CT molecular complexity index is 223. The van der Waals surface area contributed by atoms with Crippen molar-refractivity contribution < 1.29 is 0 Å². The number of nitrogens with zero attached hydrogens (tertiary/aromatic N) is 3. The molecule has 5 heteroatoms. The second-order valence-electron chi connectivity index (χ2n) is 3.62. The van der Waals surface area contributed by atoms with Crippen LogP contribution in [0.2, 0.25) is 0 Å². The van der Waals surface area contributed by atoms with Crippen molar-refractivity contribution in [1.29, 1.82) is 10.5 Å². The molecule has 3 radical (unpaired) electrons. The summed E-state index contributed by atoms with van der Waals surface area (Å²) in [6, 6.07) is 4.41. The summed E-state index contributed by atoms with van der Waals surface area (Å²) in [4.78, 5) is 0. The van der Waals surface area contributed by atoms with Crippen molar-refractivity contribution in [1.82, 2.24) is 4.67 Å². The van der Waals surface area contributed by atoms with E-state index in [0.29, 0.717) is 12.8 Å². The third kappa shape index (κ3) is 9.17. The quantitative estimate of drug-likeness (QED) is 0.359. The molecule has 0 heterocycles. The third-order valence-corrected chi connectivity index (χ3v) is 5.57. The normalized spacial score (nSPS) is 9.76. The highest BCUT2D eigenvalue weighted by atomic mass is 31.1. The molecule has 17 heavy (non-hydrogen) atoms. The van der Waals surface area contributed by atoms with Crippen LogP contribution >= 0.6 is 8.07 Å². The lowest BCUT2D eigenvalue weighted by molar-refractivity contribution is 0.503. The first-order chi connectivity index (χ1) is 7.79. The van der Waals surface area contributed by atoms with Crippen LogP contribution in [0.3, 0.4) is 0 Å². The zero-order chi connectivity index (χ0) is 12.2. The maximum absolute atomic E-state index is 8.55. The van der Waals surface area contributed by atoms with E-state index in [4.69, 9.17) is 10.5 Å². The summed E-state index contributed by atoms with van der Waals surface area (Å²) in [6.07, 6.45) is 5.64. The molecule has 3 nitrogen and oxygen atoms in total. The summed E-state index contributed by atoms with van der Waals surface area (Å²) in [5.74, 6) is 0. The van der Waals surface area contributed by atoms with E-state index in [9.17, 15) is 0 Å². The van der Waals surface area contributed by atoms with E-state index >= 15 is 0 Å². The van der Waals surface area contributed by atoms with E-state index in [1.54, 1.807) is 0 Å². The molecule has 0 aromatic rings. The van der Waals surface area contributed by atoms with Gasteiger partial charge in [-0.1, -0.05) is 13.8 Å². The monoisotopic (exact) mass is 250 g/mol. The number of nitriles is 2. The lowest BCUT2D eigenvalue weighted by atomic mass is 10.4. The van der Waals surface area contributed by atoms with Gasteiger partial charge in [-0.3, -0.25) is 4.67 Å². The minimum absolute atomic E-state index is 0. The van der Waals surface area contributed by atoms with Crippen molar-refractivity contribution >= 4 is 16.5 Å². The molecule has 0 aliphatic heterocycles.